The van der Waals surface area contributed by atoms with E-state index in [1.807, 2.05) is 4.90 Å². The van der Waals surface area contributed by atoms with E-state index in [1.165, 1.54) is 16.8 Å². The summed E-state index contributed by atoms with van der Waals surface area (Å²) in [5, 5.41) is 3.29. The monoisotopic (exact) mass is 381 g/mol. The number of carbonyl (C=O) groups excluding carboxylic acids is 1. The molecule has 0 aliphatic carbocycles. The van der Waals surface area contributed by atoms with Crippen LogP contribution in [0.4, 0.5) is 4.79 Å². The maximum absolute atomic E-state index is 13.1. The Morgan fingerprint density at radius 3 is 2.71 bits per heavy atom. The number of likely N-dealkylation sites (tertiary alicyclic amines) is 1. The van der Waals surface area contributed by atoms with Crippen LogP contribution in [0.25, 0.3) is 0 Å². The van der Waals surface area contributed by atoms with Crippen molar-refractivity contribution in [3.63, 3.8) is 0 Å². The van der Waals surface area contributed by atoms with E-state index in [0.29, 0.717) is 6.54 Å². The molecule has 2 aliphatic rings. The molecular formula is C23H31N3O2. The van der Waals surface area contributed by atoms with Crippen molar-refractivity contribution in [2.45, 2.75) is 44.1 Å². The molecule has 2 aliphatic heterocycles. The van der Waals surface area contributed by atoms with E-state index in [0.717, 1.165) is 45.4 Å². The van der Waals surface area contributed by atoms with Gasteiger partial charge < -0.3 is 19.5 Å². The number of benzene rings is 1. The molecule has 0 unspecified atom stereocenters. The third-order valence-corrected chi connectivity index (χ3v) is 6.58. The number of amides is 2. The third kappa shape index (κ3) is 3.55. The van der Waals surface area contributed by atoms with Crippen LogP contribution in [-0.2, 0) is 17.2 Å². The topological polar surface area (TPSA) is 46.5 Å². The van der Waals surface area contributed by atoms with Crippen molar-refractivity contribution < 1.29 is 9.53 Å². The average molecular weight is 382 g/mol. The van der Waals surface area contributed by atoms with E-state index < -0.39 is 0 Å². The van der Waals surface area contributed by atoms with Crippen LogP contribution in [0, 0.1) is 6.92 Å². The maximum atomic E-state index is 13.1. The molecule has 2 amide bonds. The van der Waals surface area contributed by atoms with E-state index in [-0.39, 0.29) is 17.5 Å². The Labute approximate surface area is 167 Å². The molecule has 1 aromatic carbocycles. The smallest absolute Gasteiger partial charge is 0.317 e. The van der Waals surface area contributed by atoms with Gasteiger partial charge in [0.15, 0.2) is 0 Å². The Bertz CT molecular complexity index is 823. The number of hydrogen-bond acceptors (Lipinski definition) is 2. The summed E-state index contributed by atoms with van der Waals surface area (Å²) in [6.45, 7) is 5.15. The van der Waals surface area contributed by atoms with Gasteiger partial charge in [-0.2, -0.15) is 0 Å². The van der Waals surface area contributed by atoms with Crippen LogP contribution in [0.3, 0.4) is 0 Å². The summed E-state index contributed by atoms with van der Waals surface area (Å²) in [6, 6.07) is 13.0. The second-order valence-electron chi connectivity index (χ2n) is 8.26. The summed E-state index contributed by atoms with van der Waals surface area (Å²) in [5.41, 5.74) is 3.81. The minimum atomic E-state index is -0.0422. The van der Waals surface area contributed by atoms with E-state index in [9.17, 15) is 4.79 Å². The van der Waals surface area contributed by atoms with Crippen LogP contribution in [0.1, 0.15) is 48.5 Å². The highest BCUT2D eigenvalue weighted by atomic mass is 16.5. The Morgan fingerprint density at radius 2 is 2.00 bits per heavy atom. The molecule has 0 bridgehead atoms. The number of nitrogens with zero attached hydrogens (tertiary/aromatic N) is 2. The van der Waals surface area contributed by atoms with Gasteiger partial charge in [0.1, 0.15) is 0 Å². The summed E-state index contributed by atoms with van der Waals surface area (Å²) in [5.74, 6) is 0. The molecule has 1 N–H and O–H groups in total. The lowest BCUT2D eigenvalue weighted by molar-refractivity contribution is 0.0498. The highest BCUT2D eigenvalue weighted by Gasteiger charge is 2.37. The van der Waals surface area contributed by atoms with Gasteiger partial charge in [-0.1, -0.05) is 24.3 Å². The zero-order valence-corrected chi connectivity index (χ0v) is 17.0. The first-order chi connectivity index (χ1) is 13.6. The van der Waals surface area contributed by atoms with Gasteiger partial charge in [-0.3, -0.25) is 0 Å². The van der Waals surface area contributed by atoms with Gasteiger partial charge in [-0.25, -0.2) is 4.79 Å². The van der Waals surface area contributed by atoms with Crippen molar-refractivity contribution in [3.05, 3.63) is 59.4 Å². The number of urea groups is 1. The molecule has 5 heteroatoms. The number of aryl methyl sites for hydroxylation is 2. The van der Waals surface area contributed by atoms with Crippen LogP contribution in [0.15, 0.2) is 42.6 Å². The van der Waals surface area contributed by atoms with Gasteiger partial charge in [0.2, 0.25) is 0 Å². The number of rotatable bonds is 4. The second-order valence-corrected chi connectivity index (χ2v) is 8.26. The normalized spacial score (nSPS) is 21.6. The first-order valence-electron chi connectivity index (χ1n) is 10.4. The minimum Gasteiger partial charge on any atom is -0.381 e. The Balaban J connectivity index is 1.50. The maximum Gasteiger partial charge on any atom is 0.317 e. The Morgan fingerprint density at radius 1 is 1.21 bits per heavy atom. The Kier molecular flexibility index (Phi) is 5.44. The van der Waals surface area contributed by atoms with Crippen LogP contribution >= 0.6 is 0 Å². The molecule has 28 heavy (non-hydrogen) atoms. The second kappa shape index (κ2) is 8.00. The summed E-state index contributed by atoms with van der Waals surface area (Å²) < 4.78 is 7.77. The van der Waals surface area contributed by atoms with Crippen LogP contribution in [0.5, 0.6) is 0 Å². The fourth-order valence-electron chi connectivity index (χ4n) is 4.96. The molecule has 150 valence electrons. The van der Waals surface area contributed by atoms with E-state index >= 15 is 0 Å². The Hall–Kier alpha value is -2.27. The molecule has 0 spiro atoms. The molecule has 1 aromatic heterocycles. The van der Waals surface area contributed by atoms with Gasteiger partial charge in [-0.15, -0.1) is 0 Å². The molecule has 2 aromatic rings. The first-order valence-corrected chi connectivity index (χ1v) is 10.4. The molecule has 2 saturated heterocycles. The van der Waals surface area contributed by atoms with Gasteiger partial charge in [-0.05, 0) is 55.9 Å². The molecule has 3 heterocycles. The van der Waals surface area contributed by atoms with Crippen molar-refractivity contribution in [2.75, 3.05) is 26.3 Å². The van der Waals surface area contributed by atoms with Crippen molar-refractivity contribution in [1.29, 1.82) is 0 Å². The minimum absolute atomic E-state index is 0.0422. The number of nitrogens with one attached hydrogen (secondary N) is 1. The molecule has 5 nitrogen and oxygen atoms in total. The highest BCUT2D eigenvalue weighted by Crippen LogP contribution is 2.37. The lowest BCUT2D eigenvalue weighted by atomic mass is 9.72. The molecule has 2 fully saturated rings. The summed E-state index contributed by atoms with van der Waals surface area (Å²) >= 11 is 0. The molecule has 0 saturated carbocycles. The fourth-order valence-corrected chi connectivity index (χ4v) is 4.96. The van der Waals surface area contributed by atoms with Crippen LogP contribution < -0.4 is 5.32 Å². The first kappa shape index (κ1) is 19.1. The molecular weight excluding hydrogens is 350 g/mol. The van der Waals surface area contributed by atoms with Crippen LogP contribution in [0.2, 0.25) is 0 Å². The van der Waals surface area contributed by atoms with Crippen molar-refractivity contribution in [2.24, 2.45) is 7.05 Å². The lowest BCUT2D eigenvalue weighted by Gasteiger charge is -2.39. The van der Waals surface area contributed by atoms with Gasteiger partial charge in [0.05, 0.1) is 6.04 Å². The predicted octanol–water partition coefficient (Wildman–Crippen LogP) is 3.93. The SMILES string of the molecule is Cc1ccccc1C1(CNC(=O)N2CCC[C@@H]2c2cccn2C)CCOCC1. The van der Waals surface area contributed by atoms with Gasteiger partial charge in [0.25, 0.3) is 0 Å². The average Bonchev–Trinajstić information content (AvgIpc) is 3.35. The van der Waals surface area contributed by atoms with Gasteiger partial charge in [0, 0.05) is 50.7 Å². The summed E-state index contributed by atoms with van der Waals surface area (Å²) in [4.78, 5) is 15.2. The van der Waals surface area contributed by atoms with Gasteiger partial charge >= 0.3 is 6.03 Å². The van der Waals surface area contributed by atoms with Crippen LogP contribution in [-0.4, -0.2) is 41.8 Å². The van der Waals surface area contributed by atoms with Crippen molar-refractivity contribution in [3.8, 4) is 0 Å². The zero-order valence-electron chi connectivity index (χ0n) is 17.0. The van der Waals surface area contributed by atoms with E-state index in [1.54, 1.807) is 0 Å². The zero-order chi connectivity index (χ0) is 19.6. The summed E-state index contributed by atoms with van der Waals surface area (Å²) in [7, 11) is 2.05. The lowest BCUT2D eigenvalue weighted by Crippen LogP contribution is -2.48. The molecule has 0 radical (unpaired) electrons. The third-order valence-electron chi connectivity index (χ3n) is 6.58. The number of ether oxygens (including phenoxy) is 1. The highest BCUT2D eigenvalue weighted by molar-refractivity contribution is 5.75. The van der Waals surface area contributed by atoms with Crippen molar-refractivity contribution >= 4 is 6.03 Å². The number of aromatic nitrogens is 1. The fraction of sp³-hybridized carbons (Fsp3) is 0.522. The number of hydrogen-bond donors (Lipinski definition) is 1. The summed E-state index contributed by atoms with van der Waals surface area (Å²) in [6.07, 6.45) is 6.03. The van der Waals surface area contributed by atoms with E-state index in [2.05, 4.69) is 66.5 Å². The standard InChI is InChI=1S/C23H31N3O2/c1-18-7-3-4-8-19(18)23(11-15-28-16-12-23)17-24-22(27)26-14-6-10-21(26)20-9-5-13-25(20)2/h3-5,7-9,13,21H,6,10-12,14-17H2,1-2H3,(H,24,27)/t21-/m1/s1. The number of carbonyl (C=O) groups is 1. The predicted molar refractivity (Wildman–Crippen MR) is 110 cm³/mol. The largest absolute Gasteiger partial charge is 0.381 e. The quantitative estimate of drug-likeness (QED) is 0.872. The van der Waals surface area contributed by atoms with Crippen molar-refractivity contribution in [1.82, 2.24) is 14.8 Å². The molecule has 4 rings (SSSR count). The van der Waals surface area contributed by atoms with E-state index in [4.69, 9.17) is 4.74 Å². The molecule has 1 atom stereocenters.